The molecule has 0 aromatic carbocycles. The lowest BCUT2D eigenvalue weighted by Gasteiger charge is -2.26. The first-order valence-corrected chi connectivity index (χ1v) is 7.03. The van der Waals surface area contributed by atoms with Gasteiger partial charge in [0.15, 0.2) is 0 Å². The number of likely N-dealkylation sites (tertiary alicyclic amines) is 1. The molecule has 2 atom stereocenters. The summed E-state index contributed by atoms with van der Waals surface area (Å²) in [5.74, 6) is -0.820. The van der Waals surface area contributed by atoms with Crippen molar-refractivity contribution in [1.29, 1.82) is 0 Å². The maximum absolute atomic E-state index is 12.0. The van der Waals surface area contributed by atoms with Crippen LogP contribution in [0.15, 0.2) is 0 Å². The molecule has 2 aliphatic rings. The van der Waals surface area contributed by atoms with E-state index >= 15 is 0 Å². The second-order valence-corrected chi connectivity index (χ2v) is 5.36. The van der Waals surface area contributed by atoms with Crippen molar-refractivity contribution in [1.82, 2.24) is 10.2 Å². The Kier molecular flexibility index (Phi) is 4.82. The molecule has 7 heteroatoms. The minimum absolute atomic E-state index is 0.120. The Morgan fingerprint density at radius 3 is 2.80 bits per heavy atom. The number of carbonyl (C=O) groups excluding carboxylic acids is 1. The summed E-state index contributed by atoms with van der Waals surface area (Å²) in [7, 11) is 0. The number of amides is 2. The molecule has 2 N–H and O–H groups in total. The molecule has 0 spiro atoms. The van der Waals surface area contributed by atoms with Crippen LogP contribution in [-0.4, -0.2) is 67.6 Å². The van der Waals surface area contributed by atoms with Gasteiger partial charge in [0.1, 0.15) is 0 Å². The van der Waals surface area contributed by atoms with Crippen molar-refractivity contribution >= 4 is 12.0 Å². The summed E-state index contributed by atoms with van der Waals surface area (Å²) in [4.78, 5) is 24.9. The van der Waals surface area contributed by atoms with Crippen LogP contribution in [0.3, 0.4) is 0 Å². The van der Waals surface area contributed by atoms with Crippen LogP contribution in [0.1, 0.15) is 19.8 Å². The minimum Gasteiger partial charge on any atom is -0.481 e. The van der Waals surface area contributed by atoms with Crippen LogP contribution in [0, 0.1) is 5.41 Å². The lowest BCUT2D eigenvalue weighted by molar-refractivity contribution is -0.148. The standard InChI is InChI=1S/C13H22N2O5/c1-2-13(11(16)17)3-4-15(9-13)12(18)14-7-10-8-19-5-6-20-10/h10H,2-9H2,1H3,(H,14,18)(H,16,17). The molecule has 0 aromatic heterocycles. The Hall–Kier alpha value is -1.34. The summed E-state index contributed by atoms with van der Waals surface area (Å²) in [5, 5.41) is 12.1. The van der Waals surface area contributed by atoms with Gasteiger partial charge in [-0.1, -0.05) is 6.92 Å². The first kappa shape index (κ1) is 15.1. The van der Waals surface area contributed by atoms with Gasteiger partial charge in [0.25, 0.3) is 0 Å². The monoisotopic (exact) mass is 286 g/mol. The molecule has 2 unspecified atom stereocenters. The highest BCUT2D eigenvalue weighted by atomic mass is 16.6. The number of aliphatic carboxylic acids is 1. The number of hydrogen-bond donors (Lipinski definition) is 2. The second kappa shape index (κ2) is 6.41. The first-order chi connectivity index (χ1) is 9.57. The Morgan fingerprint density at radius 1 is 1.45 bits per heavy atom. The summed E-state index contributed by atoms with van der Waals surface area (Å²) < 4.78 is 10.7. The van der Waals surface area contributed by atoms with Crippen LogP contribution in [0.25, 0.3) is 0 Å². The summed E-state index contributed by atoms with van der Waals surface area (Å²) >= 11 is 0. The average Bonchev–Trinajstić information content (AvgIpc) is 2.92. The highest BCUT2D eigenvalue weighted by Crippen LogP contribution is 2.34. The third kappa shape index (κ3) is 3.21. The first-order valence-electron chi connectivity index (χ1n) is 7.03. The third-order valence-corrected chi connectivity index (χ3v) is 4.14. The van der Waals surface area contributed by atoms with E-state index in [1.165, 1.54) is 0 Å². The second-order valence-electron chi connectivity index (χ2n) is 5.36. The minimum atomic E-state index is -0.820. The zero-order valence-electron chi connectivity index (χ0n) is 11.8. The smallest absolute Gasteiger partial charge is 0.317 e. The molecule has 2 aliphatic heterocycles. The Bertz CT molecular complexity index is 370. The average molecular weight is 286 g/mol. The summed E-state index contributed by atoms with van der Waals surface area (Å²) in [6.45, 7) is 4.61. The van der Waals surface area contributed by atoms with Crippen LogP contribution in [0.5, 0.6) is 0 Å². The predicted octanol–water partition coefficient (Wildman–Crippen LogP) is 0.298. The summed E-state index contributed by atoms with van der Waals surface area (Å²) in [6.07, 6.45) is 0.923. The summed E-state index contributed by atoms with van der Waals surface area (Å²) in [6, 6.07) is -0.226. The number of hydrogen-bond acceptors (Lipinski definition) is 4. The largest absolute Gasteiger partial charge is 0.481 e. The molecule has 2 amide bonds. The fraction of sp³-hybridized carbons (Fsp3) is 0.846. The molecular formula is C13H22N2O5. The summed E-state index contributed by atoms with van der Waals surface area (Å²) in [5.41, 5.74) is -0.790. The quantitative estimate of drug-likeness (QED) is 0.776. The van der Waals surface area contributed by atoms with Gasteiger partial charge < -0.3 is 24.8 Å². The SMILES string of the molecule is CCC1(C(=O)O)CCN(C(=O)NCC2COCCO2)C1. The zero-order chi connectivity index (χ0) is 14.6. The number of carboxylic acids is 1. The highest BCUT2D eigenvalue weighted by molar-refractivity contribution is 5.79. The third-order valence-electron chi connectivity index (χ3n) is 4.14. The van der Waals surface area contributed by atoms with Gasteiger partial charge in [0, 0.05) is 19.6 Å². The number of ether oxygens (including phenoxy) is 2. The van der Waals surface area contributed by atoms with Crippen molar-refractivity contribution in [3.05, 3.63) is 0 Å². The maximum atomic E-state index is 12.0. The number of urea groups is 1. The van der Waals surface area contributed by atoms with E-state index in [0.29, 0.717) is 45.8 Å². The van der Waals surface area contributed by atoms with E-state index in [9.17, 15) is 14.7 Å². The molecule has 0 saturated carbocycles. The molecule has 2 heterocycles. The van der Waals surface area contributed by atoms with E-state index in [1.54, 1.807) is 4.90 Å². The predicted molar refractivity (Wildman–Crippen MR) is 70.5 cm³/mol. The van der Waals surface area contributed by atoms with E-state index in [4.69, 9.17) is 9.47 Å². The molecule has 0 radical (unpaired) electrons. The molecule has 2 fully saturated rings. The van der Waals surface area contributed by atoms with Crippen molar-refractivity contribution < 1.29 is 24.2 Å². The van der Waals surface area contributed by atoms with E-state index in [1.807, 2.05) is 6.92 Å². The number of nitrogens with one attached hydrogen (secondary N) is 1. The maximum Gasteiger partial charge on any atom is 0.317 e. The Labute approximate surface area is 118 Å². The van der Waals surface area contributed by atoms with Crippen LogP contribution in [0.4, 0.5) is 4.79 Å². The molecular weight excluding hydrogens is 264 g/mol. The molecule has 0 aliphatic carbocycles. The Morgan fingerprint density at radius 2 is 2.25 bits per heavy atom. The molecule has 2 rings (SSSR count). The van der Waals surface area contributed by atoms with Crippen molar-refractivity contribution in [2.75, 3.05) is 39.5 Å². The lowest BCUT2D eigenvalue weighted by Crippen LogP contribution is -2.46. The molecule has 0 bridgehead atoms. The van der Waals surface area contributed by atoms with Gasteiger partial charge in [-0.05, 0) is 12.8 Å². The molecule has 0 aromatic rings. The van der Waals surface area contributed by atoms with Gasteiger partial charge in [-0.15, -0.1) is 0 Å². The van der Waals surface area contributed by atoms with Gasteiger partial charge >= 0.3 is 12.0 Å². The van der Waals surface area contributed by atoms with E-state index < -0.39 is 11.4 Å². The van der Waals surface area contributed by atoms with Crippen molar-refractivity contribution in [2.45, 2.75) is 25.9 Å². The van der Waals surface area contributed by atoms with Crippen molar-refractivity contribution in [3.63, 3.8) is 0 Å². The van der Waals surface area contributed by atoms with Crippen LogP contribution < -0.4 is 5.32 Å². The number of carboxylic acid groups (broad SMARTS) is 1. The van der Waals surface area contributed by atoms with E-state index in [0.717, 1.165) is 0 Å². The normalized spacial score (nSPS) is 30.2. The van der Waals surface area contributed by atoms with Gasteiger partial charge in [0.2, 0.25) is 0 Å². The van der Waals surface area contributed by atoms with Crippen LogP contribution in [-0.2, 0) is 14.3 Å². The van der Waals surface area contributed by atoms with Crippen molar-refractivity contribution in [2.24, 2.45) is 5.41 Å². The van der Waals surface area contributed by atoms with E-state index in [2.05, 4.69) is 5.32 Å². The highest BCUT2D eigenvalue weighted by Gasteiger charge is 2.44. The van der Waals surface area contributed by atoms with Crippen LogP contribution >= 0.6 is 0 Å². The van der Waals surface area contributed by atoms with E-state index in [-0.39, 0.29) is 18.7 Å². The zero-order valence-corrected chi connectivity index (χ0v) is 11.8. The van der Waals surface area contributed by atoms with Gasteiger partial charge in [-0.3, -0.25) is 4.79 Å². The lowest BCUT2D eigenvalue weighted by atomic mass is 9.84. The van der Waals surface area contributed by atoms with Gasteiger partial charge in [0.05, 0.1) is 31.3 Å². The topological polar surface area (TPSA) is 88.1 Å². The number of nitrogens with zero attached hydrogens (tertiary/aromatic N) is 1. The molecule has 114 valence electrons. The van der Waals surface area contributed by atoms with Crippen molar-refractivity contribution in [3.8, 4) is 0 Å². The fourth-order valence-electron chi connectivity index (χ4n) is 2.63. The number of carbonyl (C=O) groups is 2. The van der Waals surface area contributed by atoms with Crippen LogP contribution in [0.2, 0.25) is 0 Å². The number of rotatable bonds is 4. The fourth-order valence-corrected chi connectivity index (χ4v) is 2.63. The van der Waals surface area contributed by atoms with Gasteiger partial charge in [-0.25, -0.2) is 4.79 Å². The Balaban J connectivity index is 1.80. The van der Waals surface area contributed by atoms with Gasteiger partial charge in [-0.2, -0.15) is 0 Å². The molecule has 2 saturated heterocycles. The molecule has 7 nitrogen and oxygen atoms in total. The molecule has 20 heavy (non-hydrogen) atoms.